The lowest BCUT2D eigenvalue weighted by Crippen LogP contribution is -2.26. The number of amides is 1. The fourth-order valence-electron chi connectivity index (χ4n) is 1.14. The summed E-state index contributed by atoms with van der Waals surface area (Å²) in [4.78, 5) is 16.2. The first-order valence-electron chi connectivity index (χ1n) is 4.95. The number of pyridine rings is 1. The maximum absolute atomic E-state index is 11.6. The summed E-state index contributed by atoms with van der Waals surface area (Å²) in [6, 6.07) is 5.43. The van der Waals surface area contributed by atoms with Crippen LogP contribution in [0.15, 0.2) is 18.2 Å². The number of alkyl halides is 1. The topological polar surface area (TPSA) is 42.0 Å². The summed E-state index contributed by atoms with van der Waals surface area (Å²) >= 11 is 3.43. The van der Waals surface area contributed by atoms with Crippen LogP contribution < -0.4 is 5.32 Å². The summed E-state index contributed by atoms with van der Waals surface area (Å²) in [5.41, 5.74) is 1.34. The van der Waals surface area contributed by atoms with Gasteiger partial charge in [-0.3, -0.25) is 4.79 Å². The van der Waals surface area contributed by atoms with Crippen molar-refractivity contribution in [1.29, 1.82) is 0 Å². The number of nitrogens with zero attached hydrogens (tertiary/aromatic N) is 1. The van der Waals surface area contributed by atoms with E-state index in [0.29, 0.717) is 17.1 Å². The van der Waals surface area contributed by atoms with Crippen LogP contribution in [0.3, 0.4) is 0 Å². The van der Waals surface area contributed by atoms with Gasteiger partial charge in [-0.05, 0) is 25.5 Å². The molecule has 0 radical (unpaired) electrons. The number of halogens is 1. The average molecular weight is 271 g/mol. The van der Waals surface area contributed by atoms with Crippen molar-refractivity contribution in [1.82, 2.24) is 10.3 Å². The van der Waals surface area contributed by atoms with E-state index in [-0.39, 0.29) is 5.91 Å². The Bertz CT molecular complexity index is 339. The molecule has 1 unspecified atom stereocenters. The van der Waals surface area contributed by atoms with Crippen LogP contribution >= 0.6 is 15.9 Å². The molecule has 1 aromatic rings. The van der Waals surface area contributed by atoms with Gasteiger partial charge in [0.25, 0.3) is 5.91 Å². The molecule has 0 saturated carbocycles. The van der Waals surface area contributed by atoms with E-state index in [1.807, 2.05) is 19.1 Å². The normalized spacial score (nSPS) is 12.2. The molecule has 4 heteroatoms. The first-order chi connectivity index (χ1) is 7.09. The van der Waals surface area contributed by atoms with Crippen LogP contribution in [0.25, 0.3) is 0 Å². The molecular weight excluding hydrogens is 256 g/mol. The third-order valence-electron chi connectivity index (χ3n) is 1.95. The van der Waals surface area contributed by atoms with Gasteiger partial charge in [-0.25, -0.2) is 4.98 Å². The molecule has 1 heterocycles. The Kier molecular flexibility index (Phi) is 4.75. The maximum Gasteiger partial charge on any atom is 0.269 e. The fourth-order valence-corrected chi connectivity index (χ4v) is 1.37. The molecule has 1 aromatic heterocycles. The van der Waals surface area contributed by atoms with Crippen molar-refractivity contribution in [3.05, 3.63) is 29.6 Å². The Balaban J connectivity index is 2.47. The molecule has 0 saturated heterocycles. The predicted molar refractivity (Wildman–Crippen MR) is 64.3 cm³/mol. The Labute approximate surface area is 98.4 Å². The Morgan fingerprint density at radius 2 is 2.33 bits per heavy atom. The minimum Gasteiger partial charge on any atom is -0.351 e. The number of aryl methyl sites for hydroxylation is 1. The van der Waals surface area contributed by atoms with Crippen molar-refractivity contribution in [3.63, 3.8) is 0 Å². The van der Waals surface area contributed by atoms with Gasteiger partial charge in [-0.15, -0.1) is 0 Å². The van der Waals surface area contributed by atoms with Crippen LogP contribution in [0.2, 0.25) is 0 Å². The Hall–Kier alpha value is -0.900. The van der Waals surface area contributed by atoms with Gasteiger partial charge in [0.05, 0.1) is 0 Å². The minimum atomic E-state index is -0.105. The third-order valence-corrected chi connectivity index (χ3v) is 2.41. The number of aromatic nitrogens is 1. The van der Waals surface area contributed by atoms with E-state index in [2.05, 4.69) is 33.2 Å². The number of nitrogens with one attached hydrogen (secondary N) is 1. The smallest absolute Gasteiger partial charge is 0.269 e. The fraction of sp³-hybridized carbons (Fsp3) is 0.455. The molecule has 15 heavy (non-hydrogen) atoms. The summed E-state index contributed by atoms with van der Waals surface area (Å²) in [6.07, 6.45) is 0.914. The number of hydrogen-bond acceptors (Lipinski definition) is 2. The molecule has 3 nitrogen and oxygen atoms in total. The molecule has 1 rings (SSSR count). The lowest BCUT2D eigenvalue weighted by molar-refractivity contribution is 0.0948. The summed E-state index contributed by atoms with van der Waals surface area (Å²) in [5, 5.41) is 2.83. The average Bonchev–Trinajstić information content (AvgIpc) is 2.17. The summed E-state index contributed by atoms with van der Waals surface area (Å²) in [5.74, 6) is -0.105. The number of carbonyl (C=O) groups is 1. The van der Waals surface area contributed by atoms with Crippen molar-refractivity contribution in [3.8, 4) is 0 Å². The second-order valence-corrected chi connectivity index (χ2v) is 5.05. The van der Waals surface area contributed by atoms with E-state index >= 15 is 0 Å². The zero-order valence-electron chi connectivity index (χ0n) is 8.96. The summed E-state index contributed by atoms with van der Waals surface area (Å²) in [6.45, 7) is 4.59. The van der Waals surface area contributed by atoms with Crippen molar-refractivity contribution in [2.45, 2.75) is 25.1 Å². The van der Waals surface area contributed by atoms with Crippen molar-refractivity contribution < 1.29 is 4.79 Å². The van der Waals surface area contributed by atoms with Gasteiger partial charge in [0.2, 0.25) is 0 Å². The predicted octanol–water partition coefficient (Wildman–Crippen LogP) is 2.29. The lowest BCUT2D eigenvalue weighted by Gasteiger charge is -2.06. The van der Waals surface area contributed by atoms with Crippen LogP contribution in [0.4, 0.5) is 0 Å². The first-order valence-corrected chi connectivity index (χ1v) is 5.87. The van der Waals surface area contributed by atoms with Crippen LogP contribution in [-0.2, 0) is 0 Å². The monoisotopic (exact) mass is 270 g/mol. The van der Waals surface area contributed by atoms with E-state index in [1.165, 1.54) is 0 Å². The number of carbonyl (C=O) groups excluding carboxylic acids is 1. The minimum absolute atomic E-state index is 0.105. The second kappa shape index (κ2) is 5.85. The molecule has 0 aliphatic heterocycles. The third kappa shape index (κ3) is 4.42. The molecule has 82 valence electrons. The van der Waals surface area contributed by atoms with Crippen LogP contribution in [0, 0.1) is 6.92 Å². The van der Waals surface area contributed by atoms with Crippen molar-refractivity contribution in [2.75, 3.05) is 6.54 Å². The molecule has 0 spiro atoms. The molecule has 1 atom stereocenters. The molecule has 1 N–H and O–H groups in total. The van der Waals surface area contributed by atoms with Gasteiger partial charge in [0, 0.05) is 17.1 Å². The van der Waals surface area contributed by atoms with E-state index in [0.717, 1.165) is 12.1 Å². The standard InChI is InChI=1S/C11H15BrN2O/c1-8(12)6-7-13-11(15)10-5-3-4-9(2)14-10/h3-5,8H,6-7H2,1-2H3,(H,13,15). The van der Waals surface area contributed by atoms with Gasteiger partial charge in [0.1, 0.15) is 5.69 Å². The molecule has 0 aliphatic rings. The number of hydrogen-bond donors (Lipinski definition) is 1. The van der Waals surface area contributed by atoms with Gasteiger partial charge in [-0.1, -0.05) is 28.9 Å². The Morgan fingerprint density at radius 3 is 2.93 bits per heavy atom. The number of rotatable bonds is 4. The van der Waals surface area contributed by atoms with E-state index < -0.39 is 0 Å². The first kappa shape index (κ1) is 12.2. The van der Waals surface area contributed by atoms with Crippen LogP contribution in [-0.4, -0.2) is 22.3 Å². The van der Waals surface area contributed by atoms with E-state index in [4.69, 9.17) is 0 Å². The molecule has 0 fully saturated rings. The van der Waals surface area contributed by atoms with E-state index in [1.54, 1.807) is 6.07 Å². The molecule has 0 aromatic carbocycles. The van der Waals surface area contributed by atoms with Crippen LogP contribution in [0.1, 0.15) is 29.5 Å². The Morgan fingerprint density at radius 1 is 1.60 bits per heavy atom. The highest BCUT2D eigenvalue weighted by atomic mass is 79.9. The van der Waals surface area contributed by atoms with Crippen molar-refractivity contribution in [2.24, 2.45) is 0 Å². The van der Waals surface area contributed by atoms with Gasteiger partial charge < -0.3 is 5.32 Å². The van der Waals surface area contributed by atoms with Gasteiger partial charge >= 0.3 is 0 Å². The van der Waals surface area contributed by atoms with Crippen molar-refractivity contribution >= 4 is 21.8 Å². The van der Waals surface area contributed by atoms with Gasteiger partial charge in [-0.2, -0.15) is 0 Å². The quantitative estimate of drug-likeness (QED) is 0.854. The maximum atomic E-state index is 11.6. The van der Waals surface area contributed by atoms with Gasteiger partial charge in [0.15, 0.2) is 0 Å². The van der Waals surface area contributed by atoms with Crippen LogP contribution in [0.5, 0.6) is 0 Å². The molecule has 1 amide bonds. The molecular formula is C11H15BrN2O. The molecule has 0 bridgehead atoms. The van der Waals surface area contributed by atoms with E-state index in [9.17, 15) is 4.79 Å². The highest BCUT2D eigenvalue weighted by Crippen LogP contribution is 2.02. The zero-order valence-corrected chi connectivity index (χ0v) is 10.5. The highest BCUT2D eigenvalue weighted by molar-refractivity contribution is 9.09. The zero-order chi connectivity index (χ0) is 11.3. The summed E-state index contributed by atoms with van der Waals surface area (Å²) < 4.78 is 0. The lowest BCUT2D eigenvalue weighted by atomic mass is 10.3. The molecule has 0 aliphatic carbocycles. The summed E-state index contributed by atoms with van der Waals surface area (Å²) in [7, 11) is 0. The largest absolute Gasteiger partial charge is 0.351 e. The highest BCUT2D eigenvalue weighted by Gasteiger charge is 2.06. The second-order valence-electron chi connectivity index (χ2n) is 3.49. The SMILES string of the molecule is Cc1cccc(C(=O)NCCC(C)Br)n1.